The second-order valence-electron chi connectivity index (χ2n) is 1.79. The molecule has 3 nitrogen and oxygen atoms in total. The first-order valence-electron chi connectivity index (χ1n) is 2.72. The highest BCUT2D eigenvalue weighted by Crippen LogP contribution is 2.07. The molecule has 0 fully saturated rings. The molecule has 0 saturated carbocycles. The summed E-state index contributed by atoms with van der Waals surface area (Å²) in [5, 5.41) is 8.65. The molecular weight excluding hydrogens is 198 g/mol. The van der Waals surface area contributed by atoms with Crippen LogP contribution in [0.2, 0.25) is 0 Å². The highest BCUT2D eigenvalue weighted by molar-refractivity contribution is 9.10. The van der Waals surface area contributed by atoms with Crippen molar-refractivity contribution in [3.8, 4) is 0 Å². The third-order valence-corrected chi connectivity index (χ3v) is 1.87. The molecule has 0 spiro atoms. The van der Waals surface area contributed by atoms with Crippen LogP contribution in [0.3, 0.4) is 0 Å². The zero-order valence-electron chi connectivity index (χ0n) is 5.10. The first-order valence-corrected chi connectivity index (χ1v) is 3.52. The van der Waals surface area contributed by atoms with Gasteiger partial charge in [-0.15, -0.1) is 0 Å². The van der Waals surface area contributed by atoms with Crippen molar-refractivity contribution in [3.05, 3.63) is 32.7 Å². The van der Waals surface area contributed by atoms with Gasteiger partial charge in [-0.3, -0.25) is 4.79 Å². The minimum absolute atomic E-state index is 0.159. The molecule has 0 aliphatic heterocycles. The molecule has 0 saturated heterocycles. The maximum atomic E-state index is 10.9. The molecule has 0 atom stereocenters. The minimum atomic E-state index is -0.239. The number of halogens is 1. The van der Waals surface area contributed by atoms with Gasteiger partial charge in [0.15, 0.2) is 5.43 Å². The van der Waals surface area contributed by atoms with Gasteiger partial charge in [0, 0.05) is 12.3 Å². The standard InChI is InChI=1S/C6H6BrNO2/c7-6-4(3-9)5(10)1-2-8-6/h1-2,9H,3H2,(H,8,10). The summed E-state index contributed by atoms with van der Waals surface area (Å²) in [7, 11) is 0. The van der Waals surface area contributed by atoms with Gasteiger partial charge in [-0.1, -0.05) is 0 Å². The van der Waals surface area contributed by atoms with Gasteiger partial charge >= 0.3 is 0 Å². The van der Waals surface area contributed by atoms with Gasteiger partial charge in [0.05, 0.1) is 16.8 Å². The van der Waals surface area contributed by atoms with Gasteiger partial charge in [-0.05, 0) is 15.9 Å². The summed E-state index contributed by atoms with van der Waals surface area (Å²) in [4.78, 5) is 13.6. The number of aromatic amines is 1. The molecule has 0 aliphatic carbocycles. The van der Waals surface area contributed by atoms with Gasteiger partial charge in [0.25, 0.3) is 0 Å². The number of nitrogens with one attached hydrogen (secondary N) is 1. The highest BCUT2D eigenvalue weighted by atomic mass is 79.9. The number of H-pyrrole nitrogens is 1. The fourth-order valence-corrected chi connectivity index (χ4v) is 1.09. The Labute approximate surface area is 65.8 Å². The van der Waals surface area contributed by atoms with E-state index < -0.39 is 0 Å². The molecule has 1 aromatic rings. The number of hydrogen-bond donors (Lipinski definition) is 2. The van der Waals surface area contributed by atoms with Crippen LogP contribution in [0, 0.1) is 0 Å². The Morgan fingerprint density at radius 2 is 2.40 bits per heavy atom. The molecule has 4 heteroatoms. The molecule has 0 bridgehead atoms. The lowest BCUT2D eigenvalue weighted by Crippen LogP contribution is -2.08. The monoisotopic (exact) mass is 203 g/mol. The smallest absolute Gasteiger partial charge is 0.188 e. The van der Waals surface area contributed by atoms with Crippen LogP contribution in [0.15, 0.2) is 21.7 Å². The molecule has 1 rings (SSSR count). The second-order valence-corrected chi connectivity index (χ2v) is 2.59. The van der Waals surface area contributed by atoms with Gasteiger partial charge in [0.2, 0.25) is 0 Å². The molecule has 1 aromatic heterocycles. The molecule has 54 valence electrons. The van der Waals surface area contributed by atoms with Crippen LogP contribution in [-0.4, -0.2) is 10.1 Å². The van der Waals surface area contributed by atoms with E-state index in [1.165, 1.54) is 12.3 Å². The normalized spacial score (nSPS) is 9.80. The Kier molecular flexibility index (Phi) is 2.24. The lowest BCUT2D eigenvalue weighted by atomic mass is 10.3. The van der Waals surface area contributed by atoms with Crippen molar-refractivity contribution in [2.75, 3.05) is 0 Å². The Morgan fingerprint density at radius 1 is 1.70 bits per heavy atom. The van der Waals surface area contributed by atoms with E-state index in [-0.39, 0.29) is 12.0 Å². The molecule has 0 amide bonds. The fourth-order valence-electron chi connectivity index (χ4n) is 0.634. The third-order valence-electron chi connectivity index (χ3n) is 1.17. The topological polar surface area (TPSA) is 53.1 Å². The predicted molar refractivity (Wildman–Crippen MR) is 40.7 cm³/mol. The average molecular weight is 204 g/mol. The van der Waals surface area contributed by atoms with Gasteiger partial charge < -0.3 is 10.1 Å². The van der Waals surface area contributed by atoms with E-state index in [1.807, 2.05) is 0 Å². The van der Waals surface area contributed by atoms with E-state index in [2.05, 4.69) is 20.9 Å². The third kappa shape index (κ3) is 1.27. The number of aliphatic hydroxyl groups is 1. The Hall–Kier alpha value is -0.610. The van der Waals surface area contributed by atoms with Crippen LogP contribution in [0.4, 0.5) is 0 Å². The molecular formula is C6H6BrNO2. The highest BCUT2D eigenvalue weighted by Gasteiger charge is 2.00. The molecule has 0 aliphatic rings. The quantitative estimate of drug-likeness (QED) is 0.659. The summed E-state index contributed by atoms with van der Waals surface area (Å²) in [5.41, 5.74) is 0.204. The lowest BCUT2D eigenvalue weighted by Gasteiger charge is -1.95. The number of aromatic nitrogens is 1. The van der Waals surface area contributed by atoms with E-state index in [4.69, 9.17) is 5.11 Å². The summed E-state index contributed by atoms with van der Waals surface area (Å²) >= 11 is 3.09. The van der Waals surface area contributed by atoms with Crippen LogP contribution in [-0.2, 0) is 6.61 Å². The average Bonchev–Trinajstić information content (AvgIpc) is 1.88. The summed E-state index contributed by atoms with van der Waals surface area (Å²) in [6.45, 7) is -0.239. The van der Waals surface area contributed by atoms with Gasteiger partial charge in [0.1, 0.15) is 0 Å². The van der Waals surface area contributed by atoms with Crippen molar-refractivity contribution < 1.29 is 5.11 Å². The Balaban J connectivity index is 3.31. The Morgan fingerprint density at radius 3 is 2.80 bits per heavy atom. The fraction of sp³-hybridized carbons (Fsp3) is 0.167. The SMILES string of the molecule is O=c1cc[nH]c(Br)c1CO. The van der Waals surface area contributed by atoms with Gasteiger partial charge in [-0.2, -0.15) is 0 Å². The van der Waals surface area contributed by atoms with Crippen LogP contribution >= 0.6 is 15.9 Å². The second kappa shape index (κ2) is 2.98. The summed E-state index contributed by atoms with van der Waals surface area (Å²) in [6, 6.07) is 1.37. The van der Waals surface area contributed by atoms with E-state index in [0.717, 1.165) is 0 Å². The maximum Gasteiger partial charge on any atom is 0.188 e. The lowest BCUT2D eigenvalue weighted by molar-refractivity contribution is 0.279. The van der Waals surface area contributed by atoms with E-state index in [1.54, 1.807) is 0 Å². The zero-order chi connectivity index (χ0) is 7.56. The maximum absolute atomic E-state index is 10.9. The molecule has 10 heavy (non-hydrogen) atoms. The first-order chi connectivity index (χ1) is 4.75. The molecule has 0 unspecified atom stereocenters. The van der Waals surface area contributed by atoms with E-state index in [9.17, 15) is 4.79 Å². The van der Waals surface area contributed by atoms with Crippen LogP contribution < -0.4 is 5.43 Å². The molecule has 0 radical (unpaired) electrons. The summed E-state index contributed by atoms with van der Waals surface area (Å²) in [5.74, 6) is 0. The van der Waals surface area contributed by atoms with Crippen molar-refractivity contribution in [1.29, 1.82) is 0 Å². The van der Waals surface area contributed by atoms with Gasteiger partial charge in [-0.25, -0.2) is 0 Å². The molecule has 0 aromatic carbocycles. The summed E-state index contributed by atoms with van der Waals surface area (Å²) < 4.78 is 0.544. The van der Waals surface area contributed by atoms with Crippen molar-refractivity contribution >= 4 is 15.9 Å². The van der Waals surface area contributed by atoms with Crippen molar-refractivity contribution in [2.24, 2.45) is 0 Å². The van der Waals surface area contributed by atoms with Crippen molar-refractivity contribution in [2.45, 2.75) is 6.61 Å². The van der Waals surface area contributed by atoms with Crippen LogP contribution in [0.5, 0.6) is 0 Å². The largest absolute Gasteiger partial charge is 0.391 e. The van der Waals surface area contributed by atoms with E-state index >= 15 is 0 Å². The molecule has 1 heterocycles. The van der Waals surface area contributed by atoms with Crippen LogP contribution in [0.1, 0.15) is 5.56 Å². The van der Waals surface area contributed by atoms with E-state index in [0.29, 0.717) is 10.2 Å². The van der Waals surface area contributed by atoms with Crippen molar-refractivity contribution in [1.82, 2.24) is 4.98 Å². The minimum Gasteiger partial charge on any atom is -0.391 e. The Bertz CT molecular complexity index is 281. The zero-order valence-corrected chi connectivity index (χ0v) is 6.68. The van der Waals surface area contributed by atoms with Crippen LogP contribution in [0.25, 0.3) is 0 Å². The predicted octanol–water partition coefficient (Wildman–Crippen LogP) is 0.630. The van der Waals surface area contributed by atoms with Crippen molar-refractivity contribution in [3.63, 3.8) is 0 Å². The number of hydrogen-bond acceptors (Lipinski definition) is 2. The number of pyridine rings is 1. The molecule has 2 N–H and O–H groups in total. The number of aliphatic hydroxyl groups excluding tert-OH is 1. The first kappa shape index (κ1) is 7.50. The number of rotatable bonds is 1. The summed E-state index contributed by atoms with van der Waals surface area (Å²) in [6.07, 6.45) is 1.52.